The van der Waals surface area contributed by atoms with Gasteiger partial charge < -0.3 is 15.4 Å². The predicted molar refractivity (Wildman–Crippen MR) is 88.7 cm³/mol. The standard InChI is InChI=1S/C17H19N3O3/c1-11(2)19-15-8-13(9-18-10-15)16(21)20-14-6-4-12(5-7-14)17(22)23-3/h4-11,19H,1-3H3,(H,20,21). The van der Waals surface area contributed by atoms with Crippen molar-refractivity contribution in [1.82, 2.24) is 4.98 Å². The van der Waals surface area contributed by atoms with E-state index in [4.69, 9.17) is 0 Å². The van der Waals surface area contributed by atoms with Gasteiger partial charge in [-0.1, -0.05) is 0 Å². The van der Waals surface area contributed by atoms with E-state index >= 15 is 0 Å². The number of benzene rings is 1. The molecule has 120 valence electrons. The van der Waals surface area contributed by atoms with Crippen molar-refractivity contribution in [2.24, 2.45) is 0 Å². The third kappa shape index (κ3) is 4.54. The normalized spacial score (nSPS) is 10.3. The zero-order valence-electron chi connectivity index (χ0n) is 13.3. The molecular weight excluding hydrogens is 294 g/mol. The number of carbonyl (C=O) groups excluding carboxylic acids is 2. The van der Waals surface area contributed by atoms with Gasteiger partial charge in [-0.15, -0.1) is 0 Å². The van der Waals surface area contributed by atoms with Gasteiger partial charge >= 0.3 is 5.97 Å². The van der Waals surface area contributed by atoms with Crippen LogP contribution >= 0.6 is 0 Å². The molecule has 0 aliphatic heterocycles. The highest BCUT2D eigenvalue weighted by Crippen LogP contribution is 2.14. The van der Waals surface area contributed by atoms with Crippen molar-refractivity contribution in [3.63, 3.8) is 0 Å². The summed E-state index contributed by atoms with van der Waals surface area (Å²) in [6.07, 6.45) is 3.17. The molecule has 2 rings (SSSR count). The Morgan fingerprint density at radius 1 is 1.04 bits per heavy atom. The van der Waals surface area contributed by atoms with Gasteiger partial charge in [0.15, 0.2) is 0 Å². The molecule has 0 unspecified atom stereocenters. The van der Waals surface area contributed by atoms with Crippen LogP contribution in [-0.4, -0.2) is 30.0 Å². The van der Waals surface area contributed by atoms with Crippen LogP contribution < -0.4 is 10.6 Å². The number of amides is 1. The first-order valence-corrected chi connectivity index (χ1v) is 7.21. The average Bonchev–Trinajstić information content (AvgIpc) is 2.54. The number of carbonyl (C=O) groups is 2. The lowest BCUT2D eigenvalue weighted by Gasteiger charge is -2.11. The number of nitrogens with one attached hydrogen (secondary N) is 2. The van der Waals surface area contributed by atoms with Crippen molar-refractivity contribution < 1.29 is 14.3 Å². The summed E-state index contributed by atoms with van der Waals surface area (Å²) in [6.45, 7) is 4.02. The summed E-state index contributed by atoms with van der Waals surface area (Å²) in [5.41, 5.74) is 2.25. The van der Waals surface area contributed by atoms with E-state index in [1.54, 1.807) is 36.5 Å². The number of hydrogen-bond acceptors (Lipinski definition) is 5. The Morgan fingerprint density at radius 2 is 1.74 bits per heavy atom. The first-order valence-electron chi connectivity index (χ1n) is 7.21. The summed E-state index contributed by atoms with van der Waals surface area (Å²) in [5, 5.41) is 5.96. The van der Waals surface area contributed by atoms with E-state index in [0.717, 1.165) is 5.69 Å². The molecule has 6 heteroatoms. The number of pyridine rings is 1. The maximum absolute atomic E-state index is 12.3. The highest BCUT2D eigenvalue weighted by molar-refractivity contribution is 6.04. The lowest BCUT2D eigenvalue weighted by atomic mass is 10.2. The Kier molecular flexibility index (Phi) is 5.30. The summed E-state index contributed by atoms with van der Waals surface area (Å²) >= 11 is 0. The molecule has 0 saturated carbocycles. The average molecular weight is 313 g/mol. The summed E-state index contributed by atoms with van der Waals surface area (Å²) in [4.78, 5) is 27.7. The number of rotatable bonds is 5. The molecule has 0 bridgehead atoms. The van der Waals surface area contributed by atoms with Crippen molar-refractivity contribution in [3.05, 3.63) is 53.9 Å². The van der Waals surface area contributed by atoms with Gasteiger partial charge in [0.2, 0.25) is 0 Å². The van der Waals surface area contributed by atoms with Gasteiger partial charge in [-0.2, -0.15) is 0 Å². The van der Waals surface area contributed by atoms with E-state index in [-0.39, 0.29) is 11.9 Å². The molecule has 0 aliphatic carbocycles. The molecule has 23 heavy (non-hydrogen) atoms. The highest BCUT2D eigenvalue weighted by atomic mass is 16.5. The molecule has 0 aliphatic rings. The molecule has 2 N–H and O–H groups in total. The van der Waals surface area contributed by atoms with Gasteiger partial charge in [-0.05, 0) is 44.2 Å². The number of methoxy groups -OCH3 is 1. The Morgan fingerprint density at radius 3 is 2.35 bits per heavy atom. The molecule has 0 saturated heterocycles. The SMILES string of the molecule is COC(=O)c1ccc(NC(=O)c2cncc(NC(C)C)c2)cc1. The summed E-state index contributed by atoms with van der Waals surface area (Å²) in [7, 11) is 1.32. The van der Waals surface area contributed by atoms with Gasteiger partial charge in [0, 0.05) is 24.1 Å². The van der Waals surface area contributed by atoms with Gasteiger partial charge in [-0.25, -0.2) is 4.79 Å². The van der Waals surface area contributed by atoms with Gasteiger partial charge in [0.1, 0.15) is 0 Å². The molecule has 6 nitrogen and oxygen atoms in total. The molecule has 1 aromatic heterocycles. The molecule has 0 atom stereocenters. The van der Waals surface area contributed by atoms with E-state index in [9.17, 15) is 9.59 Å². The number of anilines is 2. The minimum absolute atomic E-state index is 0.251. The van der Waals surface area contributed by atoms with Crippen LogP contribution in [-0.2, 0) is 4.74 Å². The topological polar surface area (TPSA) is 80.3 Å². The fourth-order valence-electron chi connectivity index (χ4n) is 1.99. The molecule has 2 aromatic rings. The third-order valence-corrected chi connectivity index (χ3v) is 3.02. The second-order valence-corrected chi connectivity index (χ2v) is 5.28. The highest BCUT2D eigenvalue weighted by Gasteiger charge is 2.09. The van der Waals surface area contributed by atoms with Crippen LogP contribution in [0.4, 0.5) is 11.4 Å². The number of aromatic nitrogens is 1. The van der Waals surface area contributed by atoms with Crippen LogP contribution in [0.15, 0.2) is 42.7 Å². The third-order valence-electron chi connectivity index (χ3n) is 3.02. The van der Waals surface area contributed by atoms with Crippen LogP contribution in [0.3, 0.4) is 0 Å². The quantitative estimate of drug-likeness (QED) is 0.830. The van der Waals surface area contributed by atoms with Crippen LogP contribution in [0.25, 0.3) is 0 Å². The molecule has 1 heterocycles. The monoisotopic (exact) mass is 313 g/mol. The van der Waals surface area contributed by atoms with E-state index in [2.05, 4.69) is 20.4 Å². The maximum atomic E-state index is 12.3. The van der Waals surface area contributed by atoms with Gasteiger partial charge in [0.25, 0.3) is 5.91 Å². The van der Waals surface area contributed by atoms with Crippen molar-refractivity contribution in [1.29, 1.82) is 0 Å². The smallest absolute Gasteiger partial charge is 0.337 e. The zero-order valence-corrected chi connectivity index (χ0v) is 13.3. The molecule has 0 spiro atoms. The first kappa shape index (κ1) is 16.5. The second-order valence-electron chi connectivity index (χ2n) is 5.28. The Hall–Kier alpha value is -2.89. The van der Waals surface area contributed by atoms with Crippen LogP contribution in [0, 0.1) is 0 Å². The van der Waals surface area contributed by atoms with Gasteiger partial charge in [-0.3, -0.25) is 9.78 Å². The van der Waals surface area contributed by atoms with Crippen molar-refractivity contribution in [3.8, 4) is 0 Å². The largest absolute Gasteiger partial charge is 0.465 e. The summed E-state index contributed by atoms with van der Waals surface area (Å²) in [5.74, 6) is -0.685. The minimum atomic E-state index is -0.417. The lowest BCUT2D eigenvalue weighted by molar-refractivity contribution is 0.0600. The Balaban J connectivity index is 2.08. The van der Waals surface area contributed by atoms with E-state index in [1.807, 2.05) is 13.8 Å². The Bertz CT molecular complexity index is 696. The fourth-order valence-corrected chi connectivity index (χ4v) is 1.99. The number of ether oxygens (including phenoxy) is 1. The molecule has 1 aromatic carbocycles. The minimum Gasteiger partial charge on any atom is -0.465 e. The van der Waals surface area contributed by atoms with E-state index in [0.29, 0.717) is 16.8 Å². The van der Waals surface area contributed by atoms with Crippen molar-refractivity contribution >= 4 is 23.3 Å². The first-order chi connectivity index (χ1) is 11.0. The fraction of sp³-hybridized carbons (Fsp3) is 0.235. The van der Waals surface area contributed by atoms with Crippen LogP contribution in [0.5, 0.6) is 0 Å². The van der Waals surface area contributed by atoms with Crippen molar-refractivity contribution in [2.45, 2.75) is 19.9 Å². The zero-order chi connectivity index (χ0) is 16.8. The van der Waals surface area contributed by atoms with E-state index < -0.39 is 5.97 Å². The summed E-state index contributed by atoms with van der Waals surface area (Å²) in [6, 6.07) is 8.47. The number of nitrogens with zero attached hydrogens (tertiary/aromatic N) is 1. The van der Waals surface area contributed by atoms with Crippen LogP contribution in [0.1, 0.15) is 34.6 Å². The lowest BCUT2D eigenvalue weighted by Crippen LogP contribution is -2.14. The molecule has 0 fully saturated rings. The number of hydrogen-bond donors (Lipinski definition) is 2. The molecule has 1 amide bonds. The second kappa shape index (κ2) is 7.40. The Labute approximate surface area is 134 Å². The van der Waals surface area contributed by atoms with Gasteiger partial charge in [0.05, 0.1) is 23.9 Å². The summed E-state index contributed by atoms with van der Waals surface area (Å²) < 4.78 is 4.63. The predicted octanol–water partition coefficient (Wildman–Crippen LogP) is 2.94. The maximum Gasteiger partial charge on any atom is 0.337 e. The molecule has 0 radical (unpaired) electrons. The van der Waals surface area contributed by atoms with Crippen LogP contribution in [0.2, 0.25) is 0 Å². The number of esters is 1. The van der Waals surface area contributed by atoms with Crippen molar-refractivity contribution in [2.75, 3.05) is 17.7 Å². The van der Waals surface area contributed by atoms with E-state index in [1.165, 1.54) is 13.3 Å². The molecular formula is C17H19N3O3.